The third-order valence-corrected chi connectivity index (χ3v) is 2.62. The number of nitrogens with zero attached hydrogens (tertiary/aromatic N) is 1. The Morgan fingerprint density at radius 1 is 1.50 bits per heavy atom. The molecule has 1 aliphatic heterocycles. The van der Waals surface area contributed by atoms with E-state index >= 15 is 0 Å². The number of rotatable bonds is 4. The van der Waals surface area contributed by atoms with Gasteiger partial charge in [-0.2, -0.15) is 0 Å². The van der Waals surface area contributed by atoms with Gasteiger partial charge in [0.15, 0.2) is 0 Å². The number of aliphatic imine (C=N–C) groups is 1. The summed E-state index contributed by atoms with van der Waals surface area (Å²) in [5.74, 6) is 1.55. The molecular weight excluding hydrogens is 148 g/mol. The Morgan fingerprint density at radius 2 is 2.25 bits per heavy atom. The first-order valence-corrected chi connectivity index (χ1v) is 5.06. The van der Waals surface area contributed by atoms with Crippen LogP contribution in [0.1, 0.15) is 46.0 Å². The topological polar surface area (TPSA) is 38.4 Å². The van der Waals surface area contributed by atoms with Crippen molar-refractivity contribution >= 4 is 5.84 Å². The summed E-state index contributed by atoms with van der Waals surface area (Å²) in [5.41, 5.74) is 5.67. The Kier molecular flexibility index (Phi) is 3.57. The first kappa shape index (κ1) is 9.56. The van der Waals surface area contributed by atoms with Gasteiger partial charge in [-0.25, -0.2) is 0 Å². The maximum atomic E-state index is 5.67. The third-order valence-electron chi connectivity index (χ3n) is 2.62. The van der Waals surface area contributed by atoms with Gasteiger partial charge in [0, 0.05) is 6.42 Å². The molecule has 0 bridgehead atoms. The Hall–Kier alpha value is -0.530. The molecule has 0 spiro atoms. The van der Waals surface area contributed by atoms with Crippen molar-refractivity contribution in [2.75, 3.05) is 0 Å². The van der Waals surface area contributed by atoms with Crippen LogP contribution in [0, 0.1) is 5.92 Å². The first-order chi connectivity index (χ1) is 5.74. The Labute approximate surface area is 75.3 Å². The van der Waals surface area contributed by atoms with Crippen LogP contribution in [0.25, 0.3) is 0 Å². The fourth-order valence-electron chi connectivity index (χ4n) is 1.81. The van der Waals surface area contributed by atoms with Crippen LogP contribution in [0.15, 0.2) is 4.99 Å². The molecule has 0 aromatic rings. The lowest BCUT2D eigenvalue weighted by Gasteiger charge is -2.11. The van der Waals surface area contributed by atoms with Crippen LogP contribution in [0.2, 0.25) is 0 Å². The van der Waals surface area contributed by atoms with E-state index < -0.39 is 0 Å². The smallest absolute Gasteiger partial charge is 0.0944 e. The summed E-state index contributed by atoms with van der Waals surface area (Å²) in [6.45, 7) is 4.48. The van der Waals surface area contributed by atoms with Crippen molar-refractivity contribution in [2.24, 2.45) is 16.6 Å². The number of amidine groups is 1. The summed E-state index contributed by atoms with van der Waals surface area (Å²) in [6.07, 6.45) is 6.17. The first-order valence-electron chi connectivity index (χ1n) is 5.06. The molecule has 1 rings (SSSR count). The highest BCUT2D eigenvalue weighted by atomic mass is 14.9. The van der Waals surface area contributed by atoms with E-state index in [0.717, 1.165) is 12.3 Å². The van der Waals surface area contributed by atoms with Crippen molar-refractivity contribution in [3.05, 3.63) is 0 Å². The molecule has 12 heavy (non-hydrogen) atoms. The summed E-state index contributed by atoms with van der Waals surface area (Å²) >= 11 is 0. The molecule has 0 amide bonds. The van der Waals surface area contributed by atoms with E-state index in [4.69, 9.17) is 5.73 Å². The highest BCUT2D eigenvalue weighted by Crippen LogP contribution is 2.23. The highest BCUT2D eigenvalue weighted by Gasteiger charge is 2.22. The average molecular weight is 168 g/mol. The molecule has 0 aliphatic carbocycles. The van der Waals surface area contributed by atoms with Crippen molar-refractivity contribution in [1.82, 2.24) is 0 Å². The quantitative estimate of drug-likeness (QED) is 0.643. The summed E-state index contributed by atoms with van der Waals surface area (Å²) in [5, 5.41) is 0. The molecule has 0 fully saturated rings. The third kappa shape index (κ3) is 2.50. The second-order valence-corrected chi connectivity index (χ2v) is 3.86. The van der Waals surface area contributed by atoms with Crippen LogP contribution in [-0.4, -0.2) is 11.9 Å². The van der Waals surface area contributed by atoms with Gasteiger partial charge in [0.1, 0.15) is 0 Å². The van der Waals surface area contributed by atoms with Gasteiger partial charge in [-0.1, -0.05) is 33.1 Å². The molecule has 0 aromatic heterocycles. The van der Waals surface area contributed by atoms with E-state index in [2.05, 4.69) is 18.8 Å². The van der Waals surface area contributed by atoms with Crippen molar-refractivity contribution in [2.45, 2.75) is 52.0 Å². The molecule has 0 unspecified atom stereocenters. The van der Waals surface area contributed by atoms with Crippen LogP contribution in [0.3, 0.4) is 0 Å². The average Bonchev–Trinajstić information content (AvgIpc) is 2.31. The molecular formula is C10H20N2. The SMILES string of the molecule is CCCCC[C@H]1N=C(N)C[C@@H]1C. The van der Waals surface area contributed by atoms with Crippen LogP contribution in [0.5, 0.6) is 0 Å². The standard InChI is InChI=1S/C10H20N2/c1-3-4-5-6-9-8(2)7-10(11)12-9/h8-9H,3-7H2,1-2H3,(H2,11,12)/t8-,9+/m0/s1. The summed E-state index contributed by atoms with van der Waals surface area (Å²) in [4.78, 5) is 4.44. The monoisotopic (exact) mass is 168 g/mol. The van der Waals surface area contributed by atoms with Gasteiger partial charge in [0.05, 0.1) is 11.9 Å². The highest BCUT2D eigenvalue weighted by molar-refractivity contribution is 5.82. The van der Waals surface area contributed by atoms with Crippen molar-refractivity contribution in [1.29, 1.82) is 0 Å². The summed E-state index contributed by atoms with van der Waals surface area (Å²) in [6, 6.07) is 0.525. The van der Waals surface area contributed by atoms with Crippen LogP contribution in [0.4, 0.5) is 0 Å². The lowest BCUT2D eigenvalue weighted by atomic mass is 9.97. The van der Waals surface area contributed by atoms with Crippen LogP contribution in [-0.2, 0) is 0 Å². The molecule has 0 saturated heterocycles. The summed E-state index contributed by atoms with van der Waals surface area (Å²) < 4.78 is 0. The van der Waals surface area contributed by atoms with Gasteiger partial charge in [-0.05, 0) is 12.3 Å². The van der Waals surface area contributed by atoms with Crippen molar-refractivity contribution < 1.29 is 0 Å². The number of unbranched alkanes of at least 4 members (excludes halogenated alkanes) is 2. The molecule has 2 nitrogen and oxygen atoms in total. The van der Waals surface area contributed by atoms with Gasteiger partial charge in [-0.15, -0.1) is 0 Å². The molecule has 2 heteroatoms. The minimum atomic E-state index is 0.525. The fraction of sp³-hybridized carbons (Fsp3) is 0.900. The predicted octanol–water partition coefficient (Wildman–Crippen LogP) is 2.33. The van der Waals surface area contributed by atoms with E-state index in [1.165, 1.54) is 25.7 Å². The van der Waals surface area contributed by atoms with E-state index in [-0.39, 0.29) is 0 Å². The molecule has 0 saturated carbocycles. The summed E-state index contributed by atoms with van der Waals surface area (Å²) in [7, 11) is 0. The lowest BCUT2D eigenvalue weighted by Crippen LogP contribution is -2.11. The Morgan fingerprint density at radius 3 is 2.75 bits per heavy atom. The zero-order chi connectivity index (χ0) is 8.97. The minimum absolute atomic E-state index is 0.525. The second kappa shape index (κ2) is 4.48. The second-order valence-electron chi connectivity index (χ2n) is 3.86. The van der Waals surface area contributed by atoms with Crippen molar-refractivity contribution in [3.63, 3.8) is 0 Å². The fourth-order valence-corrected chi connectivity index (χ4v) is 1.81. The number of nitrogens with two attached hydrogens (primary N) is 1. The van der Waals surface area contributed by atoms with Gasteiger partial charge < -0.3 is 5.73 Å². The van der Waals surface area contributed by atoms with E-state index in [1.807, 2.05) is 0 Å². The predicted molar refractivity (Wildman–Crippen MR) is 53.3 cm³/mol. The van der Waals surface area contributed by atoms with Crippen LogP contribution < -0.4 is 5.73 Å². The maximum absolute atomic E-state index is 5.67. The molecule has 2 N–H and O–H groups in total. The largest absolute Gasteiger partial charge is 0.387 e. The van der Waals surface area contributed by atoms with Crippen LogP contribution >= 0.6 is 0 Å². The molecule has 1 aliphatic rings. The van der Waals surface area contributed by atoms with E-state index in [1.54, 1.807) is 0 Å². The lowest BCUT2D eigenvalue weighted by molar-refractivity contribution is 0.455. The van der Waals surface area contributed by atoms with Gasteiger partial charge in [0.2, 0.25) is 0 Å². The Balaban J connectivity index is 2.23. The zero-order valence-corrected chi connectivity index (χ0v) is 8.21. The molecule has 0 aromatic carbocycles. The molecule has 2 atom stereocenters. The zero-order valence-electron chi connectivity index (χ0n) is 8.21. The van der Waals surface area contributed by atoms with Gasteiger partial charge in [-0.3, -0.25) is 4.99 Å². The number of hydrogen-bond donors (Lipinski definition) is 1. The molecule has 70 valence electrons. The van der Waals surface area contributed by atoms with Gasteiger partial charge >= 0.3 is 0 Å². The Bertz CT molecular complexity index is 163. The van der Waals surface area contributed by atoms with Gasteiger partial charge in [0.25, 0.3) is 0 Å². The normalized spacial score (nSPS) is 29.0. The minimum Gasteiger partial charge on any atom is -0.387 e. The molecule has 1 heterocycles. The van der Waals surface area contributed by atoms with E-state index in [9.17, 15) is 0 Å². The van der Waals surface area contributed by atoms with E-state index in [0.29, 0.717) is 12.0 Å². The maximum Gasteiger partial charge on any atom is 0.0944 e. The molecule has 0 radical (unpaired) electrons. The number of hydrogen-bond acceptors (Lipinski definition) is 2. The van der Waals surface area contributed by atoms with Crippen molar-refractivity contribution in [3.8, 4) is 0 Å².